The summed E-state index contributed by atoms with van der Waals surface area (Å²) in [4.78, 5) is 0. The van der Waals surface area contributed by atoms with Gasteiger partial charge in [0, 0.05) is 11.9 Å². The van der Waals surface area contributed by atoms with Gasteiger partial charge in [0.1, 0.15) is 11.4 Å². The quantitative estimate of drug-likeness (QED) is 0.903. The Labute approximate surface area is 114 Å². The molecular formula is C17H21NO. The molecule has 2 aromatic carbocycles. The first-order valence-electron chi connectivity index (χ1n) is 7.20. The van der Waals surface area contributed by atoms with Crippen molar-refractivity contribution in [1.29, 1.82) is 0 Å². The van der Waals surface area contributed by atoms with Crippen molar-refractivity contribution in [3.8, 4) is 5.75 Å². The van der Waals surface area contributed by atoms with E-state index in [9.17, 15) is 0 Å². The van der Waals surface area contributed by atoms with Crippen molar-refractivity contribution in [2.45, 2.75) is 37.7 Å². The zero-order valence-electron chi connectivity index (χ0n) is 11.3. The average molecular weight is 255 g/mol. The number of fused-ring (bicyclic) bond motifs is 1. The van der Waals surface area contributed by atoms with Gasteiger partial charge in [-0.2, -0.15) is 0 Å². The normalized spacial score (nSPS) is 18.4. The van der Waals surface area contributed by atoms with E-state index in [0.717, 1.165) is 18.6 Å². The fourth-order valence-corrected chi connectivity index (χ4v) is 3.06. The van der Waals surface area contributed by atoms with Crippen LogP contribution in [0.4, 0.5) is 0 Å². The van der Waals surface area contributed by atoms with Gasteiger partial charge in [-0.15, -0.1) is 0 Å². The standard InChI is InChI=1S/C17H21NO/c18-13-17(11-4-1-5-12-17)19-16-10-6-8-14-7-2-3-9-15(14)16/h2-3,6-10H,1,4-5,11-13,18H2. The Morgan fingerprint density at radius 3 is 2.47 bits per heavy atom. The Morgan fingerprint density at radius 1 is 0.947 bits per heavy atom. The molecule has 1 saturated carbocycles. The Morgan fingerprint density at radius 2 is 1.68 bits per heavy atom. The van der Waals surface area contributed by atoms with E-state index in [1.165, 1.54) is 30.0 Å². The van der Waals surface area contributed by atoms with Crippen molar-refractivity contribution < 1.29 is 4.74 Å². The summed E-state index contributed by atoms with van der Waals surface area (Å²) in [5.41, 5.74) is 5.85. The maximum Gasteiger partial charge on any atom is 0.128 e. The monoisotopic (exact) mass is 255 g/mol. The van der Waals surface area contributed by atoms with Crippen molar-refractivity contribution in [2.75, 3.05) is 6.54 Å². The summed E-state index contributed by atoms with van der Waals surface area (Å²) in [6.45, 7) is 0.607. The second kappa shape index (κ2) is 5.22. The molecule has 0 radical (unpaired) electrons. The fourth-order valence-electron chi connectivity index (χ4n) is 3.06. The van der Waals surface area contributed by atoms with Crippen LogP contribution in [0, 0.1) is 0 Å². The molecule has 0 aromatic heterocycles. The van der Waals surface area contributed by atoms with Crippen molar-refractivity contribution in [3.05, 3.63) is 42.5 Å². The molecule has 0 saturated heterocycles. The van der Waals surface area contributed by atoms with Crippen LogP contribution in [-0.2, 0) is 0 Å². The van der Waals surface area contributed by atoms with E-state index in [1.807, 2.05) is 0 Å². The first kappa shape index (κ1) is 12.5. The van der Waals surface area contributed by atoms with E-state index in [1.54, 1.807) is 0 Å². The van der Waals surface area contributed by atoms with Crippen molar-refractivity contribution >= 4 is 10.8 Å². The molecule has 1 aliphatic rings. The number of hydrogen-bond acceptors (Lipinski definition) is 2. The first-order chi connectivity index (χ1) is 9.33. The second-order valence-corrected chi connectivity index (χ2v) is 5.53. The third-order valence-electron chi connectivity index (χ3n) is 4.21. The number of benzene rings is 2. The highest BCUT2D eigenvalue weighted by Gasteiger charge is 2.33. The third-order valence-corrected chi connectivity index (χ3v) is 4.21. The molecule has 0 unspecified atom stereocenters. The molecule has 100 valence electrons. The number of nitrogens with two attached hydrogens (primary N) is 1. The van der Waals surface area contributed by atoms with Gasteiger partial charge in [-0.1, -0.05) is 42.8 Å². The van der Waals surface area contributed by atoms with Gasteiger partial charge >= 0.3 is 0 Å². The van der Waals surface area contributed by atoms with Gasteiger partial charge in [0.05, 0.1) is 0 Å². The summed E-state index contributed by atoms with van der Waals surface area (Å²) < 4.78 is 6.38. The van der Waals surface area contributed by atoms with Crippen molar-refractivity contribution in [1.82, 2.24) is 0 Å². The average Bonchev–Trinajstić information content (AvgIpc) is 2.49. The zero-order chi connectivity index (χ0) is 13.1. The topological polar surface area (TPSA) is 35.2 Å². The van der Waals surface area contributed by atoms with E-state index in [0.29, 0.717) is 6.54 Å². The lowest BCUT2D eigenvalue weighted by Crippen LogP contribution is -2.45. The molecule has 2 heteroatoms. The molecule has 19 heavy (non-hydrogen) atoms. The Kier molecular flexibility index (Phi) is 3.43. The van der Waals surface area contributed by atoms with Crippen LogP contribution < -0.4 is 10.5 Å². The minimum Gasteiger partial charge on any atom is -0.485 e. The summed E-state index contributed by atoms with van der Waals surface area (Å²) in [6, 6.07) is 14.6. The summed E-state index contributed by atoms with van der Waals surface area (Å²) >= 11 is 0. The van der Waals surface area contributed by atoms with Crippen LogP contribution in [0.15, 0.2) is 42.5 Å². The van der Waals surface area contributed by atoms with Crippen LogP contribution in [0.1, 0.15) is 32.1 Å². The zero-order valence-corrected chi connectivity index (χ0v) is 11.3. The van der Waals surface area contributed by atoms with Gasteiger partial charge < -0.3 is 10.5 Å². The lowest BCUT2D eigenvalue weighted by molar-refractivity contribution is 0.0402. The summed E-state index contributed by atoms with van der Waals surface area (Å²) in [5, 5.41) is 2.41. The number of hydrogen-bond donors (Lipinski definition) is 1. The maximum absolute atomic E-state index is 6.38. The van der Waals surface area contributed by atoms with E-state index >= 15 is 0 Å². The van der Waals surface area contributed by atoms with Crippen LogP contribution >= 0.6 is 0 Å². The molecule has 0 heterocycles. The maximum atomic E-state index is 6.38. The molecule has 0 bridgehead atoms. The Balaban J connectivity index is 1.96. The highest BCUT2D eigenvalue weighted by atomic mass is 16.5. The van der Waals surface area contributed by atoms with Gasteiger partial charge in [-0.25, -0.2) is 0 Å². The van der Waals surface area contributed by atoms with E-state index in [-0.39, 0.29) is 5.60 Å². The molecule has 0 spiro atoms. The molecule has 0 aliphatic heterocycles. The number of ether oxygens (including phenoxy) is 1. The van der Waals surface area contributed by atoms with E-state index < -0.39 is 0 Å². The van der Waals surface area contributed by atoms with E-state index in [4.69, 9.17) is 10.5 Å². The molecule has 3 rings (SSSR count). The predicted molar refractivity (Wildman–Crippen MR) is 79.4 cm³/mol. The molecular weight excluding hydrogens is 234 g/mol. The molecule has 1 aliphatic carbocycles. The van der Waals surface area contributed by atoms with Gasteiger partial charge in [0.15, 0.2) is 0 Å². The summed E-state index contributed by atoms with van der Waals surface area (Å²) in [5.74, 6) is 0.977. The van der Waals surface area contributed by atoms with Crippen molar-refractivity contribution in [2.24, 2.45) is 5.73 Å². The summed E-state index contributed by atoms with van der Waals surface area (Å²) in [6.07, 6.45) is 5.91. The van der Waals surface area contributed by atoms with Crippen molar-refractivity contribution in [3.63, 3.8) is 0 Å². The van der Waals surface area contributed by atoms with Gasteiger partial charge in [0.2, 0.25) is 0 Å². The lowest BCUT2D eigenvalue weighted by Gasteiger charge is -2.37. The highest BCUT2D eigenvalue weighted by Crippen LogP contribution is 2.35. The minimum atomic E-state index is -0.150. The smallest absolute Gasteiger partial charge is 0.128 e. The summed E-state index contributed by atoms with van der Waals surface area (Å²) in [7, 11) is 0. The van der Waals surface area contributed by atoms with Crippen LogP contribution in [0.3, 0.4) is 0 Å². The number of rotatable bonds is 3. The fraction of sp³-hybridized carbons (Fsp3) is 0.412. The molecule has 2 nitrogen and oxygen atoms in total. The lowest BCUT2D eigenvalue weighted by atomic mass is 9.84. The van der Waals surface area contributed by atoms with Gasteiger partial charge in [0.25, 0.3) is 0 Å². The Hall–Kier alpha value is -1.54. The van der Waals surface area contributed by atoms with Crippen LogP contribution in [0.2, 0.25) is 0 Å². The van der Waals surface area contributed by atoms with Crippen LogP contribution in [-0.4, -0.2) is 12.1 Å². The highest BCUT2D eigenvalue weighted by molar-refractivity contribution is 5.88. The van der Waals surface area contributed by atoms with Gasteiger partial charge in [-0.3, -0.25) is 0 Å². The third kappa shape index (κ3) is 2.45. The molecule has 0 amide bonds. The Bertz CT molecular complexity index is 553. The van der Waals surface area contributed by atoms with Crippen LogP contribution in [0.5, 0.6) is 5.75 Å². The molecule has 2 N–H and O–H groups in total. The minimum absolute atomic E-state index is 0.150. The SMILES string of the molecule is NCC1(Oc2cccc3ccccc23)CCCCC1. The van der Waals surface area contributed by atoms with E-state index in [2.05, 4.69) is 42.5 Å². The predicted octanol–water partition coefficient (Wildman–Crippen LogP) is 3.88. The van der Waals surface area contributed by atoms with Crippen LogP contribution in [0.25, 0.3) is 10.8 Å². The molecule has 0 atom stereocenters. The molecule has 2 aromatic rings. The van der Waals surface area contributed by atoms with Gasteiger partial charge in [-0.05, 0) is 37.1 Å². The molecule has 1 fully saturated rings. The largest absolute Gasteiger partial charge is 0.485 e. The first-order valence-corrected chi connectivity index (χ1v) is 7.20. The second-order valence-electron chi connectivity index (χ2n) is 5.53.